The molecule has 4 heteroatoms. The third-order valence-electron chi connectivity index (χ3n) is 3.91. The molecule has 1 aliphatic carbocycles. The van der Waals surface area contributed by atoms with E-state index in [1.54, 1.807) is 12.1 Å². The van der Waals surface area contributed by atoms with Crippen LogP contribution in [0.15, 0.2) is 42.5 Å². The molecule has 2 aromatic carbocycles. The fraction of sp³-hybridized carbons (Fsp3) is 0.235. The predicted octanol–water partition coefficient (Wildman–Crippen LogP) is 4.53. The van der Waals surface area contributed by atoms with Gasteiger partial charge in [0.1, 0.15) is 0 Å². The van der Waals surface area contributed by atoms with Crippen LogP contribution in [0.1, 0.15) is 40.4 Å². The minimum Gasteiger partial charge on any atom is -0.478 e. The topological polar surface area (TPSA) is 49.3 Å². The maximum absolute atomic E-state index is 11.4. The molecule has 0 saturated carbocycles. The monoisotopic (exact) mass is 301 g/mol. The predicted molar refractivity (Wildman–Crippen MR) is 84.2 cm³/mol. The number of aromatic carboxylic acids is 1. The quantitative estimate of drug-likeness (QED) is 0.876. The first-order valence-corrected chi connectivity index (χ1v) is 7.40. The highest BCUT2D eigenvalue weighted by Gasteiger charge is 2.21. The lowest BCUT2D eigenvalue weighted by molar-refractivity contribution is 0.0698. The number of rotatable bonds is 3. The van der Waals surface area contributed by atoms with Crippen LogP contribution in [-0.4, -0.2) is 11.1 Å². The van der Waals surface area contributed by atoms with E-state index in [9.17, 15) is 9.90 Å². The Kier molecular flexibility index (Phi) is 3.84. The molecule has 108 valence electrons. The van der Waals surface area contributed by atoms with E-state index in [4.69, 9.17) is 11.6 Å². The molecule has 2 N–H and O–H groups in total. The number of hydrogen-bond donors (Lipinski definition) is 2. The van der Waals surface area contributed by atoms with Crippen molar-refractivity contribution in [1.82, 2.24) is 0 Å². The fourth-order valence-corrected chi connectivity index (χ4v) is 3.08. The molecular formula is C17H16ClNO2. The highest BCUT2D eigenvalue weighted by Crippen LogP contribution is 2.33. The summed E-state index contributed by atoms with van der Waals surface area (Å²) in [6.45, 7) is 0. The number of carbonyl (C=O) groups is 1. The number of halogens is 1. The van der Waals surface area contributed by atoms with Crippen molar-refractivity contribution in [1.29, 1.82) is 0 Å². The highest BCUT2D eigenvalue weighted by atomic mass is 35.5. The van der Waals surface area contributed by atoms with Crippen molar-refractivity contribution < 1.29 is 9.90 Å². The maximum atomic E-state index is 11.4. The first kappa shape index (κ1) is 14.0. The largest absolute Gasteiger partial charge is 0.478 e. The Morgan fingerprint density at radius 2 is 2.05 bits per heavy atom. The summed E-state index contributed by atoms with van der Waals surface area (Å²) >= 11 is 5.89. The van der Waals surface area contributed by atoms with Gasteiger partial charge in [0.2, 0.25) is 0 Å². The first-order valence-electron chi connectivity index (χ1n) is 7.02. The summed E-state index contributed by atoms with van der Waals surface area (Å²) in [5.74, 6) is -0.968. The summed E-state index contributed by atoms with van der Waals surface area (Å²) in [4.78, 5) is 11.4. The summed E-state index contributed by atoms with van der Waals surface area (Å²) in [6, 6.07) is 13.4. The van der Waals surface area contributed by atoms with E-state index < -0.39 is 5.97 Å². The SMILES string of the molecule is O=C(O)c1cc(Cl)ccc1NC1CCCc2ccccc21. The number of fused-ring (bicyclic) bond motifs is 1. The molecule has 0 spiro atoms. The van der Waals surface area contributed by atoms with Gasteiger partial charge < -0.3 is 10.4 Å². The number of hydrogen-bond acceptors (Lipinski definition) is 2. The average molecular weight is 302 g/mol. The van der Waals surface area contributed by atoms with Crippen LogP contribution in [0.3, 0.4) is 0 Å². The van der Waals surface area contributed by atoms with E-state index in [2.05, 4.69) is 17.4 Å². The Balaban J connectivity index is 1.93. The average Bonchev–Trinajstić information content (AvgIpc) is 2.49. The van der Waals surface area contributed by atoms with Crippen LogP contribution in [0.4, 0.5) is 5.69 Å². The van der Waals surface area contributed by atoms with E-state index in [1.807, 2.05) is 12.1 Å². The molecule has 0 amide bonds. The van der Waals surface area contributed by atoms with Crippen molar-refractivity contribution in [2.24, 2.45) is 0 Å². The molecule has 21 heavy (non-hydrogen) atoms. The standard InChI is InChI=1S/C17H16ClNO2/c18-12-8-9-16(14(10-12)17(20)21)19-15-7-3-5-11-4-1-2-6-13(11)15/h1-2,4,6,8-10,15,19H,3,5,7H2,(H,20,21). The molecule has 0 saturated heterocycles. The van der Waals surface area contributed by atoms with E-state index in [0.29, 0.717) is 10.7 Å². The van der Waals surface area contributed by atoms with Crippen LogP contribution in [0.25, 0.3) is 0 Å². The third-order valence-corrected chi connectivity index (χ3v) is 4.15. The molecular weight excluding hydrogens is 286 g/mol. The number of anilines is 1. The van der Waals surface area contributed by atoms with Crippen LogP contribution in [-0.2, 0) is 6.42 Å². The van der Waals surface area contributed by atoms with Gasteiger partial charge in [-0.2, -0.15) is 0 Å². The lowest BCUT2D eigenvalue weighted by atomic mass is 9.87. The molecule has 0 aliphatic heterocycles. The summed E-state index contributed by atoms with van der Waals surface area (Å²) in [5, 5.41) is 13.1. The number of nitrogens with one attached hydrogen (secondary N) is 1. The van der Waals surface area contributed by atoms with Crippen LogP contribution < -0.4 is 5.32 Å². The second kappa shape index (κ2) is 5.78. The van der Waals surface area contributed by atoms with Gasteiger partial charge in [-0.1, -0.05) is 35.9 Å². The van der Waals surface area contributed by atoms with Gasteiger partial charge >= 0.3 is 5.97 Å². The van der Waals surface area contributed by atoms with Crippen molar-refractivity contribution in [2.75, 3.05) is 5.32 Å². The van der Waals surface area contributed by atoms with Gasteiger partial charge in [-0.15, -0.1) is 0 Å². The zero-order valence-corrected chi connectivity index (χ0v) is 12.2. The minimum absolute atomic E-state index is 0.147. The van der Waals surface area contributed by atoms with Crippen molar-refractivity contribution in [3.63, 3.8) is 0 Å². The van der Waals surface area contributed by atoms with E-state index >= 15 is 0 Å². The smallest absolute Gasteiger partial charge is 0.337 e. The van der Waals surface area contributed by atoms with Gasteiger partial charge in [0.05, 0.1) is 11.6 Å². The van der Waals surface area contributed by atoms with Crippen LogP contribution in [0.2, 0.25) is 5.02 Å². The maximum Gasteiger partial charge on any atom is 0.337 e. The van der Waals surface area contributed by atoms with Crippen molar-refractivity contribution >= 4 is 23.3 Å². The molecule has 0 bridgehead atoms. The molecule has 0 radical (unpaired) electrons. The van der Waals surface area contributed by atoms with Gasteiger partial charge in [0, 0.05) is 10.7 Å². The molecule has 1 unspecified atom stereocenters. The van der Waals surface area contributed by atoms with Gasteiger partial charge in [-0.05, 0) is 48.6 Å². The molecule has 0 aromatic heterocycles. The number of carboxylic acid groups (broad SMARTS) is 1. The van der Waals surface area contributed by atoms with E-state index in [1.165, 1.54) is 17.2 Å². The van der Waals surface area contributed by atoms with Crippen LogP contribution in [0.5, 0.6) is 0 Å². The zero-order chi connectivity index (χ0) is 14.8. The Hall–Kier alpha value is -2.00. The Morgan fingerprint density at radius 1 is 1.24 bits per heavy atom. The summed E-state index contributed by atoms with van der Waals surface area (Å²) < 4.78 is 0. The van der Waals surface area contributed by atoms with Crippen LogP contribution >= 0.6 is 11.6 Å². The lowest BCUT2D eigenvalue weighted by Gasteiger charge is -2.27. The zero-order valence-electron chi connectivity index (χ0n) is 11.5. The molecule has 0 fully saturated rings. The third kappa shape index (κ3) is 2.88. The second-order valence-electron chi connectivity index (χ2n) is 5.28. The van der Waals surface area contributed by atoms with E-state index in [0.717, 1.165) is 19.3 Å². The van der Waals surface area contributed by atoms with Crippen molar-refractivity contribution in [3.05, 3.63) is 64.2 Å². The molecule has 1 atom stereocenters. The normalized spacial score (nSPS) is 17.1. The number of carboxylic acids is 1. The number of benzene rings is 2. The highest BCUT2D eigenvalue weighted by molar-refractivity contribution is 6.31. The molecule has 3 rings (SSSR count). The summed E-state index contributed by atoms with van der Waals surface area (Å²) in [5.41, 5.74) is 3.43. The molecule has 0 heterocycles. The Bertz CT molecular complexity index is 684. The first-order chi connectivity index (χ1) is 10.1. The molecule has 1 aliphatic rings. The van der Waals surface area contributed by atoms with Gasteiger partial charge in [-0.25, -0.2) is 4.79 Å². The van der Waals surface area contributed by atoms with Crippen molar-refractivity contribution in [3.8, 4) is 0 Å². The van der Waals surface area contributed by atoms with Crippen LogP contribution in [0, 0.1) is 0 Å². The van der Waals surface area contributed by atoms with Gasteiger partial charge in [0.25, 0.3) is 0 Å². The minimum atomic E-state index is -0.968. The van der Waals surface area contributed by atoms with Gasteiger partial charge in [-0.3, -0.25) is 0 Å². The summed E-state index contributed by atoms with van der Waals surface area (Å²) in [6.07, 6.45) is 3.18. The molecule has 2 aromatic rings. The van der Waals surface area contributed by atoms with E-state index in [-0.39, 0.29) is 11.6 Å². The summed E-state index contributed by atoms with van der Waals surface area (Å²) in [7, 11) is 0. The Morgan fingerprint density at radius 3 is 2.86 bits per heavy atom. The molecule has 3 nitrogen and oxygen atoms in total. The lowest BCUT2D eigenvalue weighted by Crippen LogP contribution is -2.18. The van der Waals surface area contributed by atoms with Gasteiger partial charge in [0.15, 0.2) is 0 Å². The number of aryl methyl sites for hydroxylation is 1. The van der Waals surface area contributed by atoms with Crippen molar-refractivity contribution in [2.45, 2.75) is 25.3 Å². The fourth-order valence-electron chi connectivity index (χ4n) is 2.91. The second-order valence-corrected chi connectivity index (χ2v) is 5.72. The Labute approximate surface area is 128 Å².